The Hall–Kier alpha value is -2.12. The lowest BCUT2D eigenvalue weighted by atomic mass is 10.1. The molecule has 0 radical (unpaired) electrons. The highest BCUT2D eigenvalue weighted by molar-refractivity contribution is 5.94. The molecule has 21 heavy (non-hydrogen) atoms. The maximum Gasteiger partial charge on any atom is 0.103 e. The van der Waals surface area contributed by atoms with Crippen molar-refractivity contribution < 1.29 is 4.74 Å². The number of aromatic nitrogens is 1. The molecule has 1 aromatic heterocycles. The number of hydrogen-bond acceptors (Lipinski definition) is 4. The van der Waals surface area contributed by atoms with Gasteiger partial charge in [0.15, 0.2) is 0 Å². The zero-order valence-corrected chi connectivity index (χ0v) is 12.2. The Morgan fingerprint density at radius 1 is 1.38 bits per heavy atom. The van der Waals surface area contributed by atoms with Gasteiger partial charge in [-0.25, -0.2) is 0 Å². The Morgan fingerprint density at radius 3 is 3.00 bits per heavy atom. The zero-order valence-electron chi connectivity index (χ0n) is 12.2. The number of benzene rings is 1. The van der Waals surface area contributed by atoms with Crippen LogP contribution in [-0.2, 0) is 4.74 Å². The number of para-hydroxylation sites is 1. The van der Waals surface area contributed by atoms with E-state index in [1.165, 1.54) is 6.42 Å². The summed E-state index contributed by atoms with van der Waals surface area (Å²) in [5, 5.41) is 10.4. The molecule has 1 saturated heterocycles. The molecule has 1 atom stereocenters. The molecule has 2 heterocycles. The predicted molar refractivity (Wildman–Crippen MR) is 83.3 cm³/mol. The first-order valence-electron chi connectivity index (χ1n) is 7.40. The minimum atomic E-state index is 0.252. The fourth-order valence-electron chi connectivity index (χ4n) is 2.97. The van der Waals surface area contributed by atoms with Gasteiger partial charge < -0.3 is 9.64 Å². The lowest BCUT2D eigenvalue weighted by Crippen LogP contribution is -2.33. The van der Waals surface area contributed by atoms with Crippen molar-refractivity contribution in [2.75, 3.05) is 25.1 Å². The van der Waals surface area contributed by atoms with Crippen LogP contribution in [0.3, 0.4) is 0 Å². The number of rotatable bonds is 3. The molecule has 1 aliphatic heterocycles. The van der Waals surface area contributed by atoms with Crippen LogP contribution in [0.1, 0.15) is 24.8 Å². The number of hydrogen-bond donors (Lipinski definition) is 0. The SMILES string of the molecule is CN(CC1CCCCO1)c1c(C#N)cnc2ccccc12. The molecule has 108 valence electrons. The number of anilines is 1. The maximum atomic E-state index is 9.38. The third-order valence-electron chi connectivity index (χ3n) is 4.00. The van der Waals surface area contributed by atoms with Crippen LogP contribution in [0, 0.1) is 11.3 Å². The van der Waals surface area contributed by atoms with E-state index in [1.807, 2.05) is 31.3 Å². The van der Waals surface area contributed by atoms with E-state index in [2.05, 4.69) is 16.0 Å². The fourth-order valence-corrected chi connectivity index (χ4v) is 2.97. The summed E-state index contributed by atoms with van der Waals surface area (Å²) in [4.78, 5) is 6.50. The van der Waals surface area contributed by atoms with Crippen molar-refractivity contribution in [3.63, 3.8) is 0 Å². The van der Waals surface area contributed by atoms with E-state index in [0.717, 1.165) is 42.6 Å². The second-order valence-corrected chi connectivity index (χ2v) is 5.52. The minimum absolute atomic E-state index is 0.252. The number of nitriles is 1. The minimum Gasteiger partial charge on any atom is -0.376 e. The van der Waals surface area contributed by atoms with Gasteiger partial charge in [0.1, 0.15) is 6.07 Å². The van der Waals surface area contributed by atoms with Crippen molar-refractivity contribution in [2.45, 2.75) is 25.4 Å². The maximum absolute atomic E-state index is 9.38. The van der Waals surface area contributed by atoms with E-state index in [-0.39, 0.29) is 6.10 Å². The molecule has 1 aliphatic rings. The first-order chi connectivity index (χ1) is 10.3. The molecule has 2 aromatic rings. The van der Waals surface area contributed by atoms with Crippen LogP contribution in [0.2, 0.25) is 0 Å². The largest absolute Gasteiger partial charge is 0.376 e. The molecule has 1 unspecified atom stereocenters. The van der Waals surface area contributed by atoms with Crippen molar-refractivity contribution in [3.8, 4) is 6.07 Å². The van der Waals surface area contributed by atoms with Crippen molar-refractivity contribution >= 4 is 16.6 Å². The second kappa shape index (κ2) is 6.11. The molecule has 4 heteroatoms. The Morgan fingerprint density at radius 2 is 2.24 bits per heavy atom. The standard InChI is InChI=1S/C17H19N3O/c1-20(12-14-6-4-5-9-21-14)17-13(10-18)11-19-16-8-3-2-7-15(16)17/h2-3,7-8,11,14H,4-6,9,12H2,1H3. The Kier molecular flexibility index (Phi) is 4.03. The molecule has 0 saturated carbocycles. The number of fused-ring (bicyclic) bond motifs is 1. The van der Waals surface area contributed by atoms with Gasteiger partial charge in [0, 0.05) is 31.8 Å². The molecule has 3 rings (SSSR count). The van der Waals surface area contributed by atoms with E-state index in [1.54, 1.807) is 6.20 Å². The van der Waals surface area contributed by atoms with Crippen LogP contribution in [-0.4, -0.2) is 31.3 Å². The third kappa shape index (κ3) is 2.84. The number of nitrogens with zero attached hydrogens (tertiary/aromatic N) is 3. The van der Waals surface area contributed by atoms with Gasteiger partial charge in [0.05, 0.1) is 22.9 Å². The summed E-state index contributed by atoms with van der Waals surface area (Å²) in [5.41, 5.74) is 2.49. The topological polar surface area (TPSA) is 49.1 Å². The van der Waals surface area contributed by atoms with Gasteiger partial charge in [-0.05, 0) is 25.3 Å². The van der Waals surface area contributed by atoms with Gasteiger partial charge in [0.25, 0.3) is 0 Å². The van der Waals surface area contributed by atoms with Gasteiger partial charge in [-0.15, -0.1) is 0 Å². The second-order valence-electron chi connectivity index (χ2n) is 5.52. The lowest BCUT2D eigenvalue weighted by molar-refractivity contribution is 0.0216. The van der Waals surface area contributed by atoms with E-state index < -0.39 is 0 Å². The molecule has 1 aromatic carbocycles. The zero-order chi connectivity index (χ0) is 14.7. The first kappa shape index (κ1) is 13.8. The highest BCUT2D eigenvalue weighted by atomic mass is 16.5. The van der Waals surface area contributed by atoms with Crippen molar-refractivity contribution in [1.29, 1.82) is 5.26 Å². The van der Waals surface area contributed by atoms with Crippen LogP contribution in [0.15, 0.2) is 30.5 Å². The molecule has 0 amide bonds. The molecule has 0 aliphatic carbocycles. The van der Waals surface area contributed by atoms with Gasteiger partial charge in [0.2, 0.25) is 0 Å². The van der Waals surface area contributed by atoms with Crippen LogP contribution < -0.4 is 4.90 Å². The normalized spacial score (nSPS) is 18.4. The van der Waals surface area contributed by atoms with Crippen LogP contribution in [0.25, 0.3) is 10.9 Å². The van der Waals surface area contributed by atoms with Gasteiger partial charge in [-0.3, -0.25) is 4.98 Å². The number of pyridine rings is 1. The summed E-state index contributed by atoms with van der Waals surface area (Å²) in [6.45, 7) is 1.66. The summed E-state index contributed by atoms with van der Waals surface area (Å²) in [7, 11) is 2.03. The summed E-state index contributed by atoms with van der Waals surface area (Å²) in [5.74, 6) is 0. The number of likely N-dealkylation sites (N-methyl/N-ethyl adjacent to an activating group) is 1. The molecule has 0 bridgehead atoms. The predicted octanol–water partition coefficient (Wildman–Crippen LogP) is 3.11. The highest BCUT2D eigenvalue weighted by Gasteiger charge is 2.19. The quantitative estimate of drug-likeness (QED) is 0.867. The third-order valence-corrected chi connectivity index (χ3v) is 4.00. The van der Waals surface area contributed by atoms with Crippen LogP contribution in [0.5, 0.6) is 0 Å². The van der Waals surface area contributed by atoms with Crippen LogP contribution >= 0.6 is 0 Å². The van der Waals surface area contributed by atoms with Gasteiger partial charge >= 0.3 is 0 Å². The monoisotopic (exact) mass is 281 g/mol. The smallest absolute Gasteiger partial charge is 0.103 e. The summed E-state index contributed by atoms with van der Waals surface area (Å²) >= 11 is 0. The Balaban J connectivity index is 1.95. The molecule has 0 spiro atoms. The summed E-state index contributed by atoms with van der Waals surface area (Å²) in [6.07, 6.45) is 5.38. The van der Waals surface area contributed by atoms with Gasteiger partial charge in [-0.2, -0.15) is 5.26 Å². The summed E-state index contributed by atoms with van der Waals surface area (Å²) < 4.78 is 5.82. The highest BCUT2D eigenvalue weighted by Crippen LogP contribution is 2.29. The lowest BCUT2D eigenvalue weighted by Gasteiger charge is -2.29. The first-order valence-corrected chi connectivity index (χ1v) is 7.40. The average molecular weight is 281 g/mol. The van der Waals surface area contributed by atoms with Gasteiger partial charge in [-0.1, -0.05) is 18.2 Å². The van der Waals surface area contributed by atoms with Crippen molar-refractivity contribution in [2.24, 2.45) is 0 Å². The average Bonchev–Trinajstić information content (AvgIpc) is 2.54. The molecule has 4 nitrogen and oxygen atoms in total. The van der Waals surface area contributed by atoms with Crippen LogP contribution in [0.4, 0.5) is 5.69 Å². The molecule has 1 fully saturated rings. The molecular formula is C17H19N3O. The van der Waals surface area contributed by atoms with E-state index >= 15 is 0 Å². The van der Waals surface area contributed by atoms with Crippen molar-refractivity contribution in [1.82, 2.24) is 4.98 Å². The van der Waals surface area contributed by atoms with E-state index in [4.69, 9.17) is 4.74 Å². The summed E-state index contributed by atoms with van der Waals surface area (Å²) in [6, 6.07) is 10.2. The van der Waals surface area contributed by atoms with E-state index in [0.29, 0.717) is 5.56 Å². The van der Waals surface area contributed by atoms with E-state index in [9.17, 15) is 5.26 Å². The fraction of sp³-hybridized carbons (Fsp3) is 0.412. The molecule has 0 N–H and O–H groups in total. The Labute approximate surface area is 125 Å². The number of ether oxygens (including phenoxy) is 1. The van der Waals surface area contributed by atoms with Crippen molar-refractivity contribution in [3.05, 3.63) is 36.0 Å². The Bertz CT molecular complexity index is 671. The molecular weight excluding hydrogens is 262 g/mol.